The van der Waals surface area contributed by atoms with Gasteiger partial charge in [-0.1, -0.05) is 57.2 Å². The molecule has 3 rings (SSSR count). The average Bonchev–Trinajstić information content (AvgIpc) is 2.59. The molecule has 1 atom stereocenters. The van der Waals surface area contributed by atoms with Gasteiger partial charge in [0.1, 0.15) is 18.5 Å². The fourth-order valence-corrected chi connectivity index (χ4v) is 3.30. The summed E-state index contributed by atoms with van der Waals surface area (Å²) in [5.74, 6) is 0.816. The highest BCUT2D eigenvalue weighted by atomic mass is 35.5. The van der Waals surface area contributed by atoms with Gasteiger partial charge in [0.05, 0.1) is 0 Å². The molecule has 0 saturated carbocycles. The van der Waals surface area contributed by atoms with Gasteiger partial charge in [-0.15, -0.1) is 0 Å². The van der Waals surface area contributed by atoms with E-state index in [1.807, 2.05) is 12.1 Å². The molecule has 0 fully saturated rings. The molecule has 0 aromatic heterocycles. The third kappa shape index (κ3) is 5.47. The van der Waals surface area contributed by atoms with Crippen molar-refractivity contribution >= 4 is 0 Å². The van der Waals surface area contributed by atoms with Crippen molar-refractivity contribution in [3.05, 3.63) is 65.2 Å². The zero-order valence-corrected chi connectivity index (χ0v) is 16.7. The molecule has 1 N–H and O–H groups in total. The Labute approximate surface area is 163 Å². The van der Waals surface area contributed by atoms with Crippen molar-refractivity contribution in [2.24, 2.45) is 0 Å². The van der Waals surface area contributed by atoms with Crippen LogP contribution in [0.5, 0.6) is 5.75 Å². The lowest BCUT2D eigenvalue weighted by molar-refractivity contribution is -0.00000802. The van der Waals surface area contributed by atoms with E-state index in [0.717, 1.165) is 25.3 Å². The van der Waals surface area contributed by atoms with Crippen LogP contribution in [0, 0.1) is 0 Å². The van der Waals surface area contributed by atoms with Crippen LogP contribution in [-0.4, -0.2) is 35.8 Å². The average molecular weight is 375 g/mol. The van der Waals surface area contributed by atoms with Crippen LogP contribution in [0.3, 0.4) is 0 Å². The molecule has 26 heavy (non-hydrogen) atoms. The van der Waals surface area contributed by atoms with Crippen molar-refractivity contribution in [1.29, 1.82) is 0 Å². The second kappa shape index (κ2) is 8.90. The first-order valence-corrected chi connectivity index (χ1v) is 9.12. The largest absolute Gasteiger partial charge is 1.00 e. The Bertz CT molecular complexity index is 694. The fraction of sp³-hybridized carbons (Fsp3) is 0.455. The van der Waals surface area contributed by atoms with Gasteiger partial charge in [0.2, 0.25) is 0 Å². The standard InChI is InChI=1S/C22H29NO2.ClH/c1-22(2,3)19-8-10-21(11-9-19)25-16-20(24)15-23-13-12-17-6-4-5-7-18(17)14-23;/h4-11,20,24H,12-16H2,1-3H3;1H/p-1. The number of aliphatic hydroxyl groups excluding tert-OH is 1. The van der Waals surface area contributed by atoms with Crippen LogP contribution in [0.4, 0.5) is 0 Å². The number of ether oxygens (including phenoxy) is 1. The maximum absolute atomic E-state index is 10.3. The maximum Gasteiger partial charge on any atom is 0.119 e. The van der Waals surface area contributed by atoms with Gasteiger partial charge in [-0.3, -0.25) is 4.90 Å². The van der Waals surface area contributed by atoms with Crippen LogP contribution in [0.2, 0.25) is 0 Å². The number of β-amino-alcohol motifs (C(OH)–C–C–N with tert-alkyl or cyclic N) is 1. The van der Waals surface area contributed by atoms with E-state index >= 15 is 0 Å². The van der Waals surface area contributed by atoms with Crippen molar-refractivity contribution in [1.82, 2.24) is 4.90 Å². The summed E-state index contributed by atoms with van der Waals surface area (Å²) in [5, 5.41) is 10.3. The van der Waals surface area contributed by atoms with Gasteiger partial charge < -0.3 is 22.3 Å². The molecule has 2 aromatic rings. The van der Waals surface area contributed by atoms with Gasteiger partial charge in [-0.05, 0) is 40.7 Å². The third-order valence-corrected chi connectivity index (χ3v) is 4.84. The van der Waals surface area contributed by atoms with Crippen LogP contribution in [0.1, 0.15) is 37.5 Å². The molecule has 0 amide bonds. The first kappa shape index (κ1) is 20.8. The number of fused-ring (bicyclic) bond motifs is 1. The first-order chi connectivity index (χ1) is 11.9. The Morgan fingerprint density at radius 1 is 1.04 bits per heavy atom. The number of aliphatic hydroxyl groups is 1. The topological polar surface area (TPSA) is 32.7 Å². The van der Waals surface area contributed by atoms with Crippen LogP contribution in [0.25, 0.3) is 0 Å². The molecule has 2 aromatic carbocycles. The van der Waals surface area contributed by atoms with E-state index in [4.69, 9.17) is 4.74 Å². The number of hydrogen-bond acceptors (Lipinski definition) is 3. The van der Waals surface area contributed by atoms with E-state index in [0.29, 0.717) is 13.2 Å². The summed E-state index contributed by atoms with van der Waals surface area (Å²) in [5.41, 5.74) is 4.23. The molecule has 1 unspecified atom stereocenters. The molecule has 0 saturated heterocycles. The summed E-state index contributed by atoms with van der Waals surface area (Å²) in [4.78, 5) is 2.30. The summed E-state index contributed by atoms with van der Waals surface area (Å²) in [6.45, 7) is 9.47. The van der Waals surface area contributed by atoms with E-state index in [9.17, 15) is 5.11 Å². The van der Waals surface area contributed by atoms with E-state index in [1.54, 1.807) is 0 Å². The van der Waals surface area contributed by atoms with Crippen LogP contribution in [0.15, 0.2) is 48.5 Å². The molecule has 0 aliphatic carbocycles. The van der Waals surface area contributed by atoms with E-state index in [1.165, 1.54) is 16.7 Å². The summed E-state index contributed by atoms with van der Waals surface area (Å²) in [6, 6.07) is 16.8. The Morgan fingerprint density at radius 2 is 1.69 bits per heavy atom. The zero-order valence-electron chi connectivity index (χ0n) is 15.9. The maximum atomic E-state index is 10.3. The van der Waals surface area contributed by atoms with Gasteiger partial charge in [0, 0.05) is 19.6 Å². The summed E-state index contributed by atoms with van der Waals surface area (Å²) >= 11 is 0. The molecule has 1 heterocycles. The lowest BCUT2D eigenvalue weighted by Crippen LogP contribution is -3.00. The molecule has 4 heteroatoms. The predicted molar refractivity (Wildman–Crippen MR) is 102 cm³/mol. The Morgan fingerprint density at radius 3 is 2.35 bits per heavy atom. The van der Waals surface area contributed by atoms with Gasteiger partial charge in [0.25, 0.3) is 0 Å². The van der Waals surface area contributed by atoms with E-state index in [-0.39, 0.29) is 17.8 Å². The molecule has 3 nitrogen and oxygen atoms in total. The monoisotopic (exact) mass is 374 g/mol. The third-order valence-electron chi connectivity index (χ3n) is 4.84. The van der Waals surface area contributed by atoms with Crippen molar-refractivity contribution in [3.8, 4) is 5.75 Å². The predicted octanol–water partition coefficient (Wildman–Crippen LogP) is 0.786. The zero-order chi connectivity index (χ0) is 17.9. The second-order valence-electron chi connectivity index (χ2n) is 7.99. The highest BCUT2D eigenvalue weighted by Crippen LogP contribution is 2.24. The minimum absolute atomic E-state index is 0. The molecular weight excluding hydrogens is 346 g/mol. The molecule has 1 aliphatic heterocycles. The fourth-order valence-electron chi connectivity index (χ4n) is 3.30. The summed E-state index contributed by atoms with van der Waals surface area (Å²) in [6.07, 6.45) is 0.574. The molecule has 0 radical (unpaired) electrons. The number of nitrogens with zero attached hydrogens (tertiary/aromatic N) is 1. The Balaban J connectivity index is 0.00000243. The minimum Gasteiger partial charge on any atom is -1.00 e. The lowest BCUT2D eigenvalue weighted by atomic mass is 9.87. The number of hydrogen-bond donors (Lipinski definition) is 1. The second-order valence-corrected chi connectivity index (χ2v) is 7.99. The van der Waals surface area contributed by atoms with Crippen molar-refractivity contribution in [3.63, 3.8) is 0 Å². The smallest absolute Gasteiger partial charge is 0.119 e. The van der Waals surface area contributed by atoms with Gasteiger partial charge in [-0.25, -0.2) is 0 Å². The van der Waals surface area contributed by atoms with E-state index < -0.39 is 6.10 Å². The molecule has 0 spiro atoms. The van der Waals surface area contributed by atoms with E-state index in [2.05, 4.69) is 62.1 Å². The van der Waals surface area contributed by atoms with Gasteiger partial charge in [-0.2, -0.15) is 0 Å². The van der Waals surface area contributed by atoms with Gasteiger partial charge >= 0.3 is 0 Å². The van der Waals surface area contributed by atoms with Crippen molar-refractivity contribution < 1.29 is 22.3 Å². The van der Waals surface area contributed by atoms with Crippen LogP contribution in [-0.2, 0) is 18.4 Å². The first-order valence-electron chi connectivity index (χ1n) is 9.12. The van der Waals surface area contributed by atoms with Crippen molar-refractivity contribution in [2.45, 2.75) is 45.3 Å². The molecule has 0 bridgehead atoms. The number of benzene rings is 2. The summed E-state index contributed by atoms with van der Waals surface area (Å²) in [7, 11) is 0. The molecule has 1 aliphatic rings. The minimum atomic E-state index is -0.479. The SMILES string of the molecule is CC(C)(C)c1ccc(OCC(O)CN2CCc3ccccc3C2)cc1.[Cl-]. The number of rotatable bonds is 5. The highest BCUT2D eigenvalue weighted by Gasteiger charge is 2.19. The quantitative estimate of drug-likeness (QED) is 0.839. The van der Waals surface area contributed by atoms with Crippen LogP contribution < -0.4 is 17.1 Å². The van der Waals surface area contributed by atoms with Gasteiger partial charge in [0.15, 0.2) is 0 Å². The Hall–Kier alpha value is -1.55. The highest BCUT2D eigenvalue weighted by molar-refractivity contribution is 5.31. The van der Waals surface area contributed by atoms with Crippen LogP contribution >= 0.6 is 0 Å². The van der Waals surface area contributed by atoms with Crippen molar-refractivity contribution in [2.75, 3.05) is 19.7 Å². The lowest BCUT2D eigenvalue weighted by Gasteiger charge is -2.30. The Kier molecular flexibility index (Phi) is 7.10. The molecule has 142 valence electrons. The normalized spacial score (nSPS) is 15.7. The molecular formula is C22H29ClNO2-. The summed E-state index contributed by atoms with van der Waals surface area (Å²) < 4.78 is 5.77. The number of halogens is 1.